The van der Waals surface area contributed by atoms with Crippen molar-refractivity contribution < 1.29 is 13.2 Å². The van der Waals surface area contributed by atoms with Crippen LogP contribution in [0.1, 0.15) is 11.3 Å². The zero-order chi connectivity index (χ0) is 17.8. The maximum atomic E-state index is 13.7. The van der Waals surface area contributed by atoms with Gasteiger partial charge in [-0.15, -0.1) is 0 Å². The number of aromatic nitrogens is 2. The van der Waals surface area contributed by atoms with Gasteiger partial charge in [-0.2, -0.15) is 4.98 Å². The molecule has 0 amide bonds. The Kier molecular flexibility index (Phi) is 4.83. The third kappa shape index (κ3) is 4.26. The van der Waals surface area contributed by atoms with Crippen LogP contribution in [0, 0.1) is 24.4 Å². The lowest BCUT2D eigenvalue weighted by molar-refractivity contribution is 0.590. The molecule has 0 fully saturated rings. The molecule has 0 aliphatic carbocycles. The number of anilines is 3. The van der Waals surface area contributed by atoms with Crippen molar-refractivity contribution in [2.24, 2.45) is 0 Å². The summed E-state index contributed by atoms with van der Waals surface area (Å²) in [5.74, 6) is -1.21. The van der Waals surface area contributed by atoms with Crippen molar-refractivity contribution in [1.82, 2.24) is 9.97 Å². The van der Waals surface area contributed by atoms with Crippen LogP contribution in [0.5, 0.6) is 0 Å². The maximum Gasteiger partial charge on any atom is 0.229 e. The maximum absolute atomic E-state index is 13.7. The molecule has 25 heavy (non-hydrogen) atoms. The second kappa shape index (κ2) is 7.21. The van der Waals surface area contributed by atoms with E-state index in [1.807, 2.05) is 0 Å². The van der Waals surface area contributed by atoms with Crippen molar-refractivity contribution in [2.45, 2.75) is 13.5 Å². The van der Waals surface area contributed by atoms with Crippen LogP contribution in [0.15, 0.2) is 48.5 Å². The molecular weight excluding hydrogens is 329 g/mol. The Morgan fingerprint density at radius 1 is 0.920 bits per heavy atom. The lowest BCUT2D eigenvalue weighted by Gasteiger charge is -2.11. The summed E-state index contributed by atoms with van der Waals surface area (Å²) in [6, 6.07) is 11.3. The van der Waals surface area contributed by atoms with Gasteiger partial charge < -0.3 is 10.6 Å². The predicted molar refractivity (Wildman–Crippen MR) is 90.1 cm³/mol. The second-order valence-corrected chi connectivity index (χ2v) is 5.42. The summed E-state index contributed by atoms with van der Waals surface area (Å²) in [5.41, 5.74) is 1.18. The minimum Gasteiger partial charge on any atom is -0.366 e. The van der Waals surface area contributed by atoms with Gasteiger partial charge in [0, 0.05) is 18.3 Å². The lowest BCUT2D eigenvalue weighted by atomic mass is 10.2. The van der Waals surface area contributed by atoms with Crippen LogP contribution >= 0.6 is 0 Å². The number of para-hydroxylation sites is 1. The van der Waals surface area contributed by atoms with Gasteiger partial charge in [0.25, 0.3) is 0 Å². The third-order valence-corrected chi connectivity index (χ3v) is 3.44. The van der Waals surface area contributed by atoms with Crippen molar-refractivity contribution in [3.05, 3.63) is 77.2 Å². The van der Waals surface area contributed by atoms with Crippen molar-refractivity contribution in [3.63, 3.8) is 0 Å². The highest BCUT2D eigenvalue weighted by Gasteiger charge is 2.11. The summed E-state index contributed by atoms with van der Waals surface area (Å²) in [4.78, 5) is 8.34. The van der Waals surface area contributed by atoms with Gasteiger partial charge in [0.05, 0.1) is 0 Å². The summed E-state index contributed by atoms with van der Waals surface area (Å²) >= 11 is 0. The Hall–Kier alpha value is -3.09. The molecule has 7 heteroatoms. The Labute approximate surface area is 142 Å². The molecule has 3 aromatic rings. The van der Waals surface area contributed by atoms with Gasteiger partial charge in [-0.25, -0.2) is 18.2 Å². The van der Waals surface area contributed by atoms with Crippen molar-refractivity contribution in [1.29, 1.82) is 0 Å². The molecule has 2 aromatic carbocycles. The van der Waals surface area contributed by atoms with Crippen LogP contribution < -0.4 is 10.6 Å². The van der Waals surface area contributed by atoms with Crippen LogP contribution in [0.4, 0.5) is 30.6 Å². The highest BCUT2D eigenvalue weighted by Crippen LogP contribution is 2.22. The number of nitrogens with zero attached hydrogens (tertiary/aromatic N) is 2. The van der Waals surface area contributed by atoms with E-state index in [9.17, 15) is 13.2 Å². The minimum atomic E-state index is -0.731. The first-order valence-corrected chi connectivity index (χ1v) is 7.56. The SMILES string of the molecule is Cc1cc(NCc2ccc(F)cc2)nc(Nc2c(F)cccc2F)n1. The highest BCUT2D eigenvalue weighted by atomic mass is 19.1. The second-order valence-electron chi connectivity index (χ2n) is 5.42. The van der Waals surface area contributed by atoms with Gasteiger partial charge in [0.1, 0.15) is 29.0 Å². The average molecular weight is 344 g/mol. The Bertz CT molecular complexity index is 862. The first-order valence-electron chi connectivity index (χ1n) is 7.56. The summed E-state index contributed by atoms with van der Waals surface area (Å²) in [7, 11) is 0. The number of rotatable bonds is 5. The van der Waals surface area contributed by atoms with Gasteiger partial charge in [0.2, 0.25) is 5.95 Å². The molecule has 4 nitrogen and oxygen atoms in total. The number of hydrogen-bond donors (Lipinski definition) is 2. The van der Waals surface area contributed by atoms with E-state index in [1.54, 1.807) is 25.1 Å². The normalized spacial score (nSPS) is 10.6. The van der Waals surface area contributed by atoms with E-state index in [2.05, 4.69) is 20.6 Å². The van der Waals surface area contributed by atoms with E-state index >= 15 is 0 Å². The summed E-state index contributed by atoms with van der Waals surface area (Å²) < 4.78 is 40.4. The topological polar surface area (TPSA) is 49.8 Å². The third-order valence-electron chi connectivity index (χ3n) is 3.44. The van der Waals surface area contributed by atoms with Crippen molar-refractivity contribution in [2.75, 3.05) is 10.6 Å². The largest absolute Gasteiger partial charge is 0.366 e. The molecule has 3 rings (SSSR count). The van der Waals surface area contributed by atoms with Gasteiger partial charge >= 0.3 is 0 Å². The molecule has 2 N–H and O–H groups in total. The standard InChI is InChI=1S/C18H15F3N4/c1-11-9-16(22-10-12-5-7-13(19)8-6-12)24-18(23-11)25-17-14(20)3-2-4-15(17)21/h2-9H,10H2,1H3,(H2,22,23,24,25). The first-order chi connectivity index (χ1) is 12.0. The fraction of sp³-hybridized carbons (Fsp3) is 0.111. The van der Waals surface area contributed by atoms with E-state index in [4.69, 9.17) is 0 Å². The molecule has 1 aromatic heterocycles. The number of nitrogens with one attached hydrogen (secondary N) is 2. The van der Waals surface area contributed by atoms with E-state index < -0.39 is 11.6 Å². The van der Waals surface area contributed by atoms with Crippen LogP contribution in [0.25, 0.3) is 0 Å². The van der Waals surface area contributed by atoms with E-state index in [0.29, 0.717) is 18.1 Å². The zero-order valence-electron chi connectivity index (χ0n) is 13.4. The van der Waals surface area contributed by atoms with E-state index in [1.165, 1.54) is 18.2 Å². The van der Waals surface area contributed by atoms with Crippen LogP contribution in [-0.2, 0) is 6.54 Å². The van der Waals surface area contributed by atoms with Crippen LogP contribution in [0.3, 0.4) is 0 Å². The molecule has 1 heterocycles. The van der Waals surface area contributed by atoms with Gasteiger partial charge in [-0.3, -0.25) is 0 Å². The molecule has 0 unspecified atom stereocenters. The average Bonchev–Trinajstić information content (AvgIpc) is 2.57. The lowest BCUT2D eigenvalue weighted by Crippen LogP contribution is -2.07. The fourth-order valence-electron chi connectivity index (χ4n) is 2.24. The Morgan fingerprint density at radius 2 is 1.60 bits per heavy atom. The fourth-order valence-corrected chi connectivity index (χ4v) is 2.24. The molecule has 128 valence electrons. The highest BCUT2D eigenvalue weighted by molar-refractivity contribution is 5.56. The molecule has 0 aliphatic heterocycles. The molecule has 0 saturated heterocycles. The van der Waals surface area contributed by atoms with Crippen LogP contribution in [0.2, 0.25) is 0 Å². The molecule has 0 saturated carbocycles. The number of aryl methyl sites for hydroxylation is 1. The number of benzene rings is 2. The molecule has 0 aliphatic rings. The minimum absolute atomic E-state index is 0.0746. The smallest absolute Gasteiger partial charge is 0.229 e. The monoisotopic (exact) mass is 344 g/mol. The number of hydrogen-bond acceptors (Lipinski definition) is 4. The summed E-state index contributed by atoms with van der Waals surface area (Å²) in [5, 5.41) is 5.64. The van der Waals surface area contributed by atoms with Crippen molar-refractivity contribution in [3.8, 4) is 0 Å². The summed E-state index contributed by atoms with van der Waals surface area (Å²) in [6.45, 7) is 2.16. The van der Waals surface area contributed by atoms with E-state index in [0.717, 1.165) is 17.7 Å². The summed E-state index contributed by atoms with van der Waals surface area (Å²) in [6.07, 6.45) is 0. The molecule has 0 atom stereocenters. The first kappa shape index (κ1) is 16.8. The molecule has 0 spiro atoms. The van der Waals surface area contributed by atoms with Gasteiger partial charge in [-0.05, 0) is 36.8 Å². The van der Waals surface area contributed by atoms with Crippen molar-refractivity contribution >= 4 is 17.5 Å². The van der Waals surface area contributed by atoms with Crippen LogP contribution in [-0.4, -0.2) is 9.97 Å². The van der Waals surface area contributed by atoms with Gasteiger partial charge in [-0.1, -0.05) is 18.2 Å². The molecule has 0 radical (unpaired) electrons. The molecule has 0 bridgehead atoms. The predicted octanol–water partition coefficient (Wildman–Crippen LogP) is 4.56. The van der Waals surface area contributed by atoms with E-state index in [-0.39, 0.29) is 17.5 Å². The Balaban J connectivity index is 1.77. The molecular formula is C18H15F3N4. The Morgan fingerprint density at radius 3 is 2.28 bits per heavy atom. The zero-order valence-corrected chi connectivity index (χ0v) is 13.4. The number of halogens is 3. The quantitative estimate of drug-likeness (QED) is 0.712. The van der Waals surface area contributed by atoms with Gasteiger partial charge in [0.15, 0.2) is 0 Å².